The molecule has 3 N–H and O–H groups in total. The molecule has 1 aliphatic heterocycles. The summed E-state index contributed by atoms with van der Waals surface area (Å²) in [5.41, 5.74) is 0.701. The van der Waals surface area contributed by atoms with Crippen LogP contribution >= 0.6 is 11.6 Å². The van der Waals surface area contributed by atoms with Gasteiger partial charge in [-0.15, -0.1) is 0 Å². The topological polar surface area (TPSA) is 133 Å². The number of sulfonamides is 1. The molecule has 33 heavy (non-hydrogen) atoms. The minimum atomic E-state index is -5.08. The van der Waals surface area contributed by atoms with Gasteiger partial charge in [0.2, 0.25) is 0 Å². The number of carboxylic acids is 2. The van der Waals surface area contributed by atoms with Crippen LogP contribution in [0.4, 0.5) is 24.5 Å². The van der Waals surface area contributed by atoms with Crippen LogP contribution in [0.5, 0.6) is 0 Å². The van der Waals surface area contributed by atoms with Crippen LogP contribution in [0.1, 0.15) is 10.4 Å². The number of rotatable bonds is 5. The number of carboxylic acid groups (broad SMARTS) is 2. The maximum Gasteiger partial charge on any atom is 0.490 e. The van der Waals surface area contributed by atoms with E-state index < -0.39 is 28.1 Å². The smallest absolute Gasteiger partial charge is 0.478 e. The highest BCUT2D eigenvalue weighted by Crippen LogP contribution is 2.28. The van der Waals surface area contributed by atoms with E-state index in [1.165, 1.54) is 24.3 Å². The quantitative estimate of drug-likeness (QED) is 0.558. The number of aliphatic carboxylic acids is 1. The number of anilines is 2. The van der Waals surface area contributed by atoms with Gasteiger partial charge in [-0.25, -0.2) is 18.0 Å². The lowest BCUT2D eigenvalue weighted by Gasteiger charge is -2.30. The predicted octanol–water partition coefficient (Wildman–Crippen LogP) is 3.31. The number of alkyl halides is 3. The molecular weight excluding hydrogens is 493 g/mol. The fourth-order valence-corrected chi connectivity index (χ4v) is 4.29. The Morgan fingerprint density at radius 2 is 1.64 bits per heavy atom. The van der Waals surface area contributed by atoms with Gasteiger partial charge in [-0.3, -0.25) is 4.72 Å². The van der Waals surface area contributed by atoms with Gasteiger partial charge < -0.3 is 19.8 Å². The molecule has 2 aromatic rings. The van der Waals surface area contributed by atoms with Crippen LogP contribution in [0.2, 0.25) is 5.02 Å². The molecule has 0 atom stereocenters. The highest BCUT2D eigenvalue weighted by Gasteiger charge is 2.38. The Labute approximate surface area is 191 Å². The Morgan fingerprint density at radius 1 is 1.06 bits per heavy atom. The number of halogens is 4. The Balaban J connectivity index is 0.000000479. The maximum absolute atomic E-state index is 12.5. The van der Waals surface area contributed by atoms with Crippen LogP contribution in [0, 0.1) is 0 Å². The Bertz CT molecular complexity index is 1120. The van der Waals surface area contributed by atoms with Crippen molar-refractivity contribution in [1.82, 2.24) is 0 Å². The second kappa shape index (κ2) is 10.7. The number of nitrogens with one attached hydrogen (secondary N) is 1. The highest BCUT2D eigenvalue weighted by atomic mass is 35.5. The molecule has 1 saturated heterocycles. The van der Waals surface area contributed by atoms with Crippen LogP contribution in [0.3, 0.4) is 0 Å². The number of carbonyl (C=O) groups is 2. The van der Waals surface area contributed by atoms with E-state index in [-0.39, 0.29) is 21.2 Å². The summed E-state index contributed by atoms with van der Waals surface area (Å²) in [5, 5.41) is 16.7. The predicted molar refractivity (Wildman–Crippen MR) is 112 cm³/mol. The lowest BCUT2D eigenvalue weighted by molar-refractivity contribution is -0.192. The summed E-state index contributed by atoms with van der Waals surface area (Å²) in [6, 6.07) is 10.5. The summed E-state index contributed by atoms with van der Waals surface area (Å²) in [4.78, 5) is 22.4. The molecule has 180 valence electrons. The molecule has 0 amide bonds. The normalized spacial score (nSPS) is 14.1. The van der Waals surface area contributed by atoms with Crippen molar-refractivity contribution in [3.63, 3.8) is 0 Å². The summed E-state index contributed by atoms with van der Waals surface area (Å²) in [6.07, 6.45) is -5.08. The van der Waals surface area contributed by atoms with E-state index in [4.69, 9.17) is 26.2 Å². The summed E-state index contributed by atoms with van der Waals surface area (Å²) < 4.78 is 64.4. The van der Waals surface area contributed by atoms with Crippen molar-refractivity contribution >= 4 is 44.9 Å². The summed E-state index contributed by atoms with van der Waals surface area (Å²) in [7, 11) is -3.93. The van der Waals surface area contributed by atoms with Gasteiger partial charge in [0.25, 0.3) is 10.0 Å². The Morgan fingerprint density at radius 3 is 2.15 bits per heavy atom. The van der Waals surface area contributed by atoms with E-state index in [0.29, 0.717) is 32.0 Å². The van der Waals surface area contributed by atoms with Crippen LogP contribution in [-0.2, 0) is 19.6 Å². The molecule has 14 heteroatoms. The summed E-state index contributed by atoms with van der Waals surface area (Å²) >= 11 is 5.95. The number of aromatic carboxylic acids is 1. The van der Waals surface area contributed by atoms with Gasteiger partial charge in [-0.2, -0.15) is 13.2 Å². The minimum Gasteiger partial charge on any atom is -0.478 e. The summed E-state index contributed by atoms with van der Waals surface area (Å²) in [5.74, 6) is -3.89. The SMILES string of the molecule is O=C(O)C(F)(F)F.O=C(O)c1cc(NS(=O)(=O)c2ccccc2Cl)ccc1N1CCOCC1. The molecule has 0 unspecified atom stereocenters. The molecule has 1 heterocycles. The highest BCUT2D eigenvalue weighted by molar-refractivity contribution is 7.92. The first kappa shape index (κ1) is 26.2. The summed E-state index contributed by atoms with van der Waals surface area (Å²) in [6.45, 7) is 2.18. The molecule has 0 aromatic heterocycles. The van der Waals surface area contributed by atoms with Crippen LogP contribution < -0.4 is 9.62 Å². The van der Waals surface area contributed by atoms with Crippen molar-refractivity contribution in [3.05, 3.63) is 53.1 Å². The Hall–Kier alpha value is -3.03. The van der Waals surface area contributed by atoms with E-state index in [9.17, 15) is 31.5 Å². The third kappa shape index (κ3) is 7.23. The standard InChI is InChI=1S/C17H17ClN2O5S.C2HF3O2/c18-14-3-1-2-4-16(14)26(23,24)19-12-5-6-15(13(11-12)17(21)22)20-7-9-25-10-8-20;3-2(4,5)1(6)7/h1-6,11,19H,7-10H2,(H,21,22);(H,6,7). The average molecular weight is 511 g/mol. The number of benzene rings is 2. The number of hydrogen-bond acceptors (Lipinski definition) is 6. The van der Waals surface area contributed by atoms with Gasteiger partial charge in [0.1, 0.15) is 4.90 Å². The molecule has 9 nitrogen and oxygen atoms in total. The van der Waals surface area contributed by atoms with Crippen LogP contribution in [0.15, 0.2) is 47.4 Å². The van der Waals surface area contributed by atoms with Crippen molar-refractivity contribution in [2.24, 2.45) is 0 Å². The van der Waals surface area contributed by atoms with Crippen molar-refractivity contribution < 1.29 is 46.1 Å². The Kier molecular flexibility index (Phi) is 8.52. The number of ether oxygens (including phenoxy) is 1. The first-order valence-corrected chi connectivity index (χ1v) is 11.0. The fourth-order valence-electron chi connectivity index (χ4n) is 2.72. The number of morpholine rings is 1. The van der Waals surface area contributed by atoms with E-state index >= 15 is 0 Å². The average Bonchev–Trinajstić information content (AvgIpc) is 2.74. The van der Waals surface area contributed by atoms with E-state index in [0.717, 1.165) is 0 Å². The largest absolute Gasteiger partial charge is 0.490 e. The molecule has 1 aliphatic rings. The monoisotopic (exact) mass is 510 g/mol. The van der Waals surface area contributed by atoms with Crippen molar-refractivity contribution in [1.29, 1.82) is 0 Å². The lowest BCUT2D eigenvalue weighted by Crippen LogP contribution is -2.37. The molecule has 0 bridgehead atoms. The molecular formula is C19H18ClF3N2O7S. The maximum atomic E-state index is 12.5. The molecule has 0 spiro atoms. The first-order valence-electron chi connectivity index (χ1n) is 9.10. The van der Waals surface area contributed by atoms with Gasteiger partial charge in [0, 0.05) is 18.8 Å². The van der Waals surface area contributed by atoms with Crippen LogP contribution in [0.25, 0.3) is 0 Å². The second-order valence-electron chi connectivity index (χ2n) is 6.48. The van der Waals surface area contributed by atoms with Crippen molar-refractivity contribution in [2.45, 2.75) is 11.1 Å². The molecule has 0 saturated carbocycles. The van der Waals surface area contributed by atoms with Gasteiger partial charge in [-0.1, -0.05) is 23.7 Å². The minimum absolute atomic E-state index is 0.0197. The zero-order chi connectivity index (χ0) is 24.8. The van der Waals surface area contributed by atoms with Gasteiger partial charge >= 0.3 is 18.1 Å². The molecule has 0 aliphatic carbocycles. The first-order chi connectivity index (χ1) is 15.3. The van der Waals surface area contributed by atoms with Crippen molar-refractivity contribution in [2.75, 3.05) is 35.9 Å². The lowest BCUT2D eigenvalue weighted by atomic mass is 10.1. The van der Waals surface area contributed by atoms with Crippen molar-refractivity contribution in [3.8, 4) is 0 Å². The van der Waals surface area contributed by atoms with E-state index in [1.54, 1.807) is 18.2 Å². The van der Waals surface area contributed by atoms with E-state index in [2.05, 4.69) is 4.72 Å². The van der Waals surface area contributed by atoms with Gasteiger partial charge in [0.05, 0.1) is 29.5 Å². The van der Waals surface area contributed by atoms with E-state index in [1.807, 2.05) is 4.90 Å². The van der Waals surface area contributed by atoms with Crippen LogP contribution in [-0.4, -0.2) is 63.0 Å². The third-order valence-electron chi connectivity index (χ3n) is 4.20. The fraction of sp³-hybridized carbons (Fsp3) is 0.263. The number of hydrogen-bond donors (Lipinski definition) is 3. The third-order valence-corrected chi connectivity index (χ3v) is 6.08. The molecule has 1 fully saturated rings. The molecule has 0 radical (unpaired) electrons. The second-order valence-corrected chi connectivity index (χ2v) is 8.53. The van der Waals surface area contributed by atoms with Gasteiger partial charge in [-0.05, 0) is 30.3 Å². The zero-order valence-corrected chi connectivity index (χ0v) is 18.2. The molecule has 2 aromatic carbocycles. The number of nitrogens with zero attached hydrogens (tertiary/aromatic N) is 1. The zero-order valence-electron chi connectivity index (χ0n) is 16.7. The molecule has 3 rings (SSSR count). The van der Waals surface area contributed by atoms with Gasteiger partial charge in [0.15, 0.2) is 0 Å².